The maximum absolute atomic E-state index is 3.06. The average molecular weight is 1750 g/mol. The Hall–Kier alpha value is -17.1. The van der Waals surface area contributed by atoms with Crippen LogP contribution in [-0.2, 0) is 0 Å². The first-order chi connectivity index (χ1) is 67.1. The van der Waals surface area contributed by atoms with Crippen LogP contribution in [0, 0.1) is 0 Å². The average Bonchev–Trinajstić information content (AvgIpc) is 1.69. The molecule has 135 heavy (non-hydrogen) atoms. The number of nitrogens with zero attached hydrogens (tertiary/aromatic N) is 6. The van der Waals surface area contributed by atoms with Crippen molar-refractivity contribution in [1.82, 2.24) is 18.3 Å². The van der Waals surface area contributed by atoms with E-state index in [4.69, 9.17) is 0 Å². The molecule has 6 heterocycles. The third kappa shape index (κ3) is 11.7. The summed E-state index contributed by atoms with van der Waals surface area (Å²) in [5.41, 5.74) is 28.1. The first-order valence-corrected chi connectivity index (χ1v) is 50.8. The van der Waals surface area contributed by atoms with Gasteiger partial charge in [-0.05, 0) is 166 Å². The number of fused-ring (bicyclic) bond motifs is 16. The van der Waals surface area contributed by atoms with Crippen LogP contribution in [0.2, 0.25) is 0 Å². The highest BCUT2D eigenvalue weighted by atomic mass is 28.3. The van der Waals surface area contributed by atoms with Crippen LogP contribution in [0.5, 0.6) is 0 Å². The summed E-state index contributed by atoms with van der Waals surface area (Å²) in [6.45, 7) is -0.302. The van der Waals surface area contributed by atoms with E-state index in [1.807, 2.05) is 0 Å². The van der Waals surface area contributed by atoms with Crippen molar-refractivity contribution in [2.75, 3.05) is 9.80 Å². The van der Waals surface area contributed by atoms with Gasteiger partial charge in [0.1, 0.15) is 0 Å². The fourth-order valence-electron chi connectivity index (χ4n) is 23.8. The van der Waals surface area contributed by atoms with Crippen LogP contribution in [0.15, 0.2) is 516 Å². The molecular formula is C126H85BN6Si2. The predicted octanol–water partition coefficient (Wildman–Crippen LogP) is 24.2. The highest BCUT2D eigenvalue weighted by Crippen LogP contribution is 2.51. The van der Waals surface area contributed by atoms with E-state index in [9.17, 15) is 0 Å². The van der Waals surface area contributed by atoms with Crippen LogP contribution in [-0.4, -0.2) is 41.1 Å². The number of benzene rings is 21. The Bertz CT molecular complexity index is 8220. The van der Waals surface area contributed by atoms with Gasteiger partial charge >= 0.3 is 0 Å². The van der Waals surface area contributed by atoms with Crippen molar-refractivity contribution in [2.45, 2.75) is 0 Å². The predicted molar refractivity (Wildman–Crippen MR) is 576 cm³/mol. The van der Waals surface area contributed by atoms with E-state index in [1.54, 1.807) is 0 Å². The van der Waals surface area contributed by atoms with Gasteiger partial charge in [0.15, 0.2) is 16.1 Å². The van der Waals surface area contributed by atoms with E-state index in [-0.39, 0.29) is 6.71 Å². The standard InChI is InChI=1S/C126H85BN6Si2/c1-7-42-90(43-8-1)134(91-44-9-2-10-45-91,92-46-11-3-12-47-92)96-54-35-40-86(82-96)98-56-19-27-66-110(98)132-118-74-39-75-119-124(118)127(108-80-78-88(84-122(108)132)128-112-68-29-25-62-104(112)106-64-37-76-120(125(106)128)130-114-70-31-21-58-100(114)101-59-22-32-71-115(101)130)109-81-79-89(129-113-69-30-26-63-105(113)107-65-38-77-121(126(107)129)131-116-72-33-23-60-102(116)103-61-24-34-73-117(103)131)85-123(109)133(119)111-67-28-20-57-99(111)87-41-36-55-97(83-87)135(93-48-13-4-14-49-93,94-50-15-5-16-51-94)95-52-17-6-18-53-95/h1-85H. The second kappa shape index (κ2) is 31.3. The Morgan fingerprint density at radius 3 is 0.741 bits per heavy atom. The molecule has 0 saturated heterocycles. The Morgan fingerprint density at radius 2 is 0.407 bits per heavy atom. The lowest BCUT2D eigenvalue weighted by molar-refractivity contribution is 1.13. The topological polar surface area (TPSA) is 26.2 Å². The van der Waals surface area contributed by atoms with Crippen molar-refractivity contribution >= 4 is 202 Å². The summed E-state index contributed by atoms with van der Waals surface area (Å²) in [7, 11) is -6.12. The molecule has 0 spiro atoms. The summed E-state index contributed by atoms with van der Waals surface area (Å²) in [6.07, 6.45) is 0. The Morgan fingerprint density at radius 1 is 0.163 bits per heavy atom. The summed E-state index contributed by atoms with van der Waals surface area (Å²) in [4.78, 5) is 5.33. The molecule has 2 aliphatic rings. The van der Waals surface area contributed by atoms with E-state index in [1.165, 1.54) is 101 Å². The summed E-state index contributed by atoms with van der Waals surface area (Å²) in [6, 6.07) is 196. The van der Waals surface area contributed by atoms with E-state index in [2.05, 4.69) is 544 Å². The first-order valence-electron chi connectivity index (χ1n) is 46.8. The molecule has 0 aliphatic carbocycles. The highest BCUT2D eigenvalue weighted by molar-refractivity contribution is 7.20. The van der Waals surface area contributed by atoms with Gasteiger partial charge in [-0.25, -0.2) is 0 Å². The van der Waals surface area contributed by atoms with Gasteiger partial charge in [0, 0.05) is 88.3 Å². The van der Waals surface area contributed by atoms with Crippen molar-refractivity contribution in [3.8, 4) is 45.0 Å². The monoisotopic (exact) mass is 1750 g/mol. The van der Waals surface area contributed by atoms with Gasteiger partial charge in [-0.1, -0.05) is 419 Å². The minimum Gasteiger partial charge on any atom is -0.311 e. The van der Waals surface area contributed by atoms with Crippen LogP contribution in [0.4, 0.5) is 34.1 Å². The largest absolute Gasteiger partial charge is 0.311 e. The Balaban J connectivity index is 0.740. The summed E-state index contributed by atoms with van der Waals surface area (Å²) < 4.78 is 10.2. The second-order valence-corrected chi connectivity index (χ2v) is 43.6. The van der Waals surface area contributed by atoms with Crippen LogP contribution in [0.1, 0.15) is 0 Å². The minimum atomic E-state index is -3.06. The van der Waals surface area contributed by atoms with E-state index >= 15 is 0 Å². The fraction of sp³-hybridized carbons (Fsp3) is 0. The second-order valence-electron chi connectivity index (χ2n) is 36.0. The molecule has 9 heteroatoms. The van der Waals surface area contributed by atoms with Gasteiger partial charge in [-0.15, -0.1) is 0 Å². The molecule has 0 N–H and O–H groups in total. The van der Waals surface area contributed by atoms with Gasteiger partial charge in [0.05, 0.1) is 66.9 Å². The lowest BCUT2D eigenvalue weighted by Crippen LogP contribution is -2.74. The molecule has 0 bridgehead atoms. The number of para-hydroxylation sites is 10. The SMILES string of the molecule is c1ccc([Si](c2ccccc2)(c2ccccc2)c2cccc(-c3ccccc3N3c4cc(-n5c6ccccc6c6cccc(-n7c8ccccc8c8ccccc87)c65)ccc4B4c5ccc(-n6c7ccccc7c7cccc(-n8c9ccccc9c9ccccc98)c76)cc5N(c5ccccc5-c5cccc([Si](c6ccccc6)(c6ccccc6)c6ccccc6)c5)c5cccc3c54)c2)cc1. The molecule has 2 aliphatic heterocycles. The summed E-state index contributed by atoms with van der Waals surface area (Å²) in [5, 5.41) is 20.2. The quantitative estimate of drug-likeness (QED) is 0.0712. The number of rotatable bonds is 16. The van der Waals surface area contributed by atoms with Gasteiger partial charge in [-0.2, -0.15) is 0 Å². The lowest BCUT2D eigenvalue weighted by Gasteiger charge is -2.45. The maximum atomic E-state index is 2.66. The first kappa shape index (κ1) is 77.8. The van der Waals surface area contributed by atoms with Crippen molar-refractivity contribution in [3.63, 3.8) is 0 Å². The van der Waals surface area contributed by atoms with Crippen molar-refractivity contribution in [3.05, 3.63) is 516 Å². The van der Waals surface area contributed by atoms with Crippen molar-refractivity contribution in [1.29, 1.82) is 0 Å². The van der Waals surface area contributed by atoms with Crippen molar-refractivity contribution < 1.29 is 0 Å². The van der Waals surface area contributed by atoms with Crippen LogP contribution < -0.4 is 67.7 Å². The maximum Gasteiger partial charge on any atom is 0.252 e. The smallest absolute Gasteiger partial charge is 0.252 e. The molecule has 0 radical (unpaired) electrons. The molecule has 0 saturated carbocycles. The van der Waals surface area contributed by atoms with Crippen LogP contribution in [0.3, 0.4) is 0 Å². The zero-order valence-corrected chi connectivity index (χ0v) is 75.8. The van der Waals surface area contributed by atoms with E-state index in [0.29, 0.717) is 0 Å². The van der Waals surface area contributed by atoms with Crippen LogP contribution >= 0.6 is 0 Å². The van der Waals surface area contributed by atoms with E-state index < -0.39 is 16.1 Å². The fourth-order valence-corrected chi connectivity index (χ4v) is 33.3. The molecule has 25 aromatic rings. The molecule has 0 atom stereocenters. The van der Waals surface area contributed by atoms with Crippen LogP contribution in [0.25, 0.3) is 132 Å². The third-order valence-corrected chi connectivity index (χ3v) is 38.8. The zero-order chi connectivity index (χ0) is 88.8. The normalized spacial score (nSPS) is 12.5. The highest BCUT2D eigenvalue weighted by Gasteiger charge is 2.47. The lowest BCUT2D eigenvalue weighted by atomic mass is 9.33. The minimum absolute atomic E-state index is 0.302. The van der Waals surface area contributed by atoms with Gasteiger partial charge in [0.25, 0.3) is 6.71 Å². The van der Waals surface area contributed by atoms with E-state index in [0.717, 1.165) is 123 Å². The molecule has 27 rings (SSSR count). The Labute approximate surface area is 785 Å². The number of hydrogen-bond acceptors (Lipinski definition) is 2. The third-order valence-electron chi connectivity index (χ3n) is 29.2. The Kier molecular flexibility index (Phi) is 18.1. The molecule has 21 aromatic carbocycles. The summed E-state index contributed by atoms with van der Waals surface area (Å²) >= 11 is 0. The summed E-state index contributed by atoms with van der Waals surface area (Å²) in [5.74, 6) is 0. The zero-order valence-electron chi connectivity index (χ0n) is 73.8. The number of aromatic nitrogens is 4. The molecule has 0 amide bonds. The van der Waals surface area contributed by atoms with Gasteiger partial charge < -0.3 is 28.1 Å². The molecule has 0 fully saturated rings. The van der Waals surface area contributed by atoms with Gasteiger partial charge in [0.2, 0.25) is 0 Å². The number of hydrogen-bond donors (Lipinski definition) is 0. The molecule has 630 valence electrons. The molecular weight excluding hydrogens is 1660 g/mol. The molecule has 6 nitrogen and oxygen atoms in total. The van der Waals surface area contributed by atoms with Crippen molar-refractivity contribution in [2.24, 2.45) is 0 Å². The molecule has 0 unspecified atom stereocenters. The number of anilines is 6. The molecule has 4 aromatic heterocycles. The van der Waals surface area contributed by atoms with Gasteiger partial charge in [-0.3, -0.25) is 0 Å².